The van der Waals surface area contributed by atoms with Gasteiger partial charge in [0.05, 0.1) is 21.1 Å². The van der Waals surface area contributed by atoms with E-state index in [1.165, 1.54) is 11.3 Å². The van der Waals surface area contributed by atoms with Gasteiger partial charge in [-0.25, -0.2) is 9.50 Å². The molecule has 3 heterocycles. The monoisotopic (exact) mass is 348 g/mol. The van der Waals surface area contributed by atoms with Crippen LogP contribution in [0.4, 0.5) is 0 Å². The quantitative estimate of drug-likeness (QED) is 0.684. The van der Waals surface area contributed by atoms with E-state index in [-0.39, 0.29) is 5.91 Å². The molecule has 1 amide bonds. The van der Waals surface area contributed by atoms with Crippen LogP contribution in [0, 0.1) is 0 Å². The van der Waals surface area contributed by atoms with Crippen molar-refractivity contribution in [1.29, 1.82) is 0 Å². The summed E-state index contributed by atoms with van der Waals surface area (Å²) < 4.78 is 2.40. The van der Waals surface area contributed by atoms with Gasteiger partial charge in [-0.2, -0.15) is 5.10 Å². The first-order chi connectivity index (χ1) is 11.2. The molecule has 23 heavy (non-hydrogen) atoms. The van der Waals surface area contributed by atoms with Gasteiger partial charge in [0.1, 0.15) is 5.56 Å². The summed E-state index contributed by atoms with van der Waals surface area (Å²) in [6.45, 7) is 2.81. The van der Waals surface area contributed by atoms with Gasteiger partial charge in [-0.1, -0.05) is 31.4 Å². The molecule has 0 aliphatic heterocycles. The molecule has 0 atom stereocenters. The number of aromatic nitrogens is 3. The predicted octanol–water partition coefficient (Wildman–Crippen LogP) is 4.03. The van der Waals surface area contributed by atoms with Crippen molar-refractivity contribution in [3.05, 3.63) is 40.5 Å². The van der Waals surface area contributed by atoms with E-state index in [1.807, 2.05) is 18.2 Å². The Hall–Kier alpha value is -1.92. The summed E-state index contributed by atoms with van der Waals surface area (Å²) >= 11 is 7.48. The average Bonchev–Trinajstić information content (AvgIpc) is 3.17. The molecule has 0 saturated carbocycles. The lowest BCUT2D eigenvalue weighted by Gasteiger charge is -2.04. The molecule has 0 aromatic carbocycles. The normalized spacial score (nSPS) is 11.0. The van der Waals surface area contributed by atoms with E-state index in [9.17, 15) is 4.79 Å². The van der Waals surface area contributed by atoms with Gasteiger partial charge in [0.15, 0.2) is 5.65 Å². The summed E-state index contributed by atoms with van der Waals surface area (Å²) in [6, 6.07) is 5.65. The number of carbonyl (C=O) groups excluding carboxylic acids is 1. The Morgan fingerprint density at radius 3 is 2.96 bits per heavy atom. The van der Waals surface area contributed by atoms with Gasteiger partial charge in [0.2, 0.25) is 0 Å². The van der Waals surface area contributed by atoms with Crippen molar-refractivity contribution >= 4 is 34.5 Å². The van der Waals surface area contributed by atoms with Crippen molar-refractivity contribution in [1.82, 2.24) is 19.9 Å². The molecular weight excluding hydrogens is 332 g/mol. The standard InChI is InChI=1S/C16H17ClN4OS/c1-2-3-4-8-19-16(22)11-10-20-21-12(7-9-18-15(11)21)13-5-6-14(17)23-13/h5-7,9-10H,2-4,8H2,1H3,(H,19,22). The zero-order chi connectivity index (χ0) is 16.2. The molecule has 3 rings (SSSR count). The van der Waals surface area contributed by atoms with Crippen LogP contribution in [0.3, 0.4) is 0 Å². The maximum absolute atomic E-state index is 12.3. The molecule has 0 fully saturated rings. The van der Waals surface area contributed by atoms with E-state index in [1.54, 1.807) is 16.9 Å². The number of nitrogens with one attached hydrogen (secondary N) is 1. The lowest BCUT2D eigenvalue weighted by atomic mass is 10.2. The van der Waals surface area contributed by atoms with E-state index in [2.05, 4.69) is 22.3 Å². The lowest BCUT2D eigenvalue weighted by Crippen LogP contribution is -2.24. The van der Waals surface area contributed by atoms with Crippen LogP contribution < -0.4 is 5.32 Å². The van der Waals surface area contributed by atoms with Gasteiger partial charge in [-0.05, 0) is 24.6 Å². The Labute approximate surface area is 143 Å². The van der Waals surface area contributed by atoms with Gasteiger partial charge < -0.3 is 5.32 Å². The molecule has 3 aromatic heterocycles. The van der Waals surface area contributed by atoms with Crippen LogP contribution in [0.5, 0.6) is 0 Å². The van der Waals surface area contributed by atoms with Crippen LogP contribution in [-0.4, -0.2) is 27.0 Å². The van der Waals surface area contributed by atoms with Crippen LogP contribution in [-0.2, 0) is 0 Å². The lowest BCUT2D eigenvalue weighted by molar-refractivity contribution is 0.0954. The minimum absolute atomic E-state index is 0.134. The predicted molar refractivity (Wildman–Crippen MR) is 93.2 cm³/mol. The first kappa shape index (κ1) is 16.0. The second-order valence-corrected chi connectivity index (χ2v) is 6.91. The summed E-state index contributed by atoms with van der Waals surface area (Å²) in [5.74, 6) is -0.134. The number of thiophene rings is 1. The molecule has 7 heteroatoms. The molecule has 5 nitrogen and oxygen atoms in total. The Morgan fingerprint density at radius 2 is 2.22 bits per heavy atom. The van der Waals surface area contributed by atoms with Gasteiger partial charge in [-0.3, -0.25) is 4.79 Å². The summed E-state index contributed by atoms with van der Waals surface area (Å²) in [4.78, 5) is 17.6. The third-order valence-electron chi connectivity index (χ3n) is 3.54. The Kier molecular flexibility index (Phi) is 4.93. The molecule has 3 aromatic rings. The second kappa shape index (κ2) is 7.10. The van der Waals surface area contributed by atoms with Gasteiger partial charge in [0, 0.05) is 12.7 Å². The van der Waals surface area contributed by atoms with Gasteiger partial charge in [0.25, 0.3) is 5.91 Å². The van der Waals surface area contributed by atoms with Crippen molar-refractivity contribution in [2.45, 2.75) is 26.2 Å². The fourth-order valence-corrected chi connectivity index (χ4v) is 3.42. The molecule has 0 saturated heterocycles. The number of fused-ring (bicyclic) bond motifs is 1. The van der Waals surface area contributed by atoms with Crippen LogP contribution in [0.2, 0.25) is 4.34 Å². The zero-order valence-electron chi connectivity index (χ0n) is 12.8. The molecule has 120 valence electrons. The first-order valence-corrected chi connectivity index (χ1v) is 8.77. The van der Waals surface area contributed by atoms with Crippen molar-refractivity contribution in [2.24, 2.45) is 0 Å². The largest absolute Gasteiger partial charge is 0.352 e. The number of hydrogen-bond donors (Lipinski definition) is 1. The molecule has 0 unspecified atom stereocenters. The maximum Gasteiger partial charge on any atom is 0.256 e. The van der Waals surface area contributed by atoms with Crippen LogP contribution in [0.15, 0.2) is 30.6 Å². The Balaban J connectivity index is 1.88. The number of carbonyl (C=O) groups is 1. The molecule has 0 radical (unpaired) electrons. The van der Waals surface area contributed by atoms with Crippen molar-refractivity contribution in [3.8, 4) is 10.6 Å². The summed E-state index contributed by atoms with van der Waals surface area (Å²) in [5, 5.41) is 7.25. The van der Waals surface area contributed by atoms with E-state index in [0.29, 0.717) is 22.1 Å². The molecule has 1 N–H and O–H groups in total. The van der Waals surface area contributed by atoms with Gasteiger partial charge >= 0.3 is 0 Å². The molecular formula is C16H17ClN4OS. The van der Waals surface area contributed by atoms with E-state index < -0.39 is 0 Å². The topological polar surface area (TPSA) is 59.3 Å². The van der Waals surface area contributed by atoms with Gasteiger partial charge in [-0.15, -0.1) is 11.3 Å². The fourth-order valence-electron chi connectivity index (χ4n) is 2.36. The van der Waals surface area contributed by atoms with Crippen molar-refractivity contribution in [2.75, 3.05) is 6.54 Å². The first-order valence-electron chi connectivity index (χ1n) is 7.57. The third-order valence-corrected chi connectivity index (χ3v) is 4.79. The number of hydrogen-bond acceptors (Lipinski definition) is 4. The van der Waals surface area contributed by atoms with Crippen LogP contribution in [0.25, 0.3) is 16.2 Å². The summed E-state index contributed by atoms with van der Waals surface area (Å²) in [5.41, 5.74) is 1.92. The van der Waals surface area contributed by atoms with Crippen molar-refractivity contribution < 1.29 is 4.79 Å². The number of rotatable bonds is 6. The van der Waals surface area contributed by atoms with Crippen molar-refractivity contribution in [3.63, 3.8) is 0 Å². The molecule has 0 bridgehead atoms. The highest BCUT2D eigenvalue weighted by Gasteiger charge is 2.16. The van der Waals surface area contributed by atoms with E-state index in [4.69, 9.17) is 11.6 Å². The average molecular weight is 349 g/mol. The number of nitrogens with zero attached hydrogens (tertiary/aromatic N) is 3. The second-order valence-electron chi connectivity index (χ2n) is 5.19. The third kappa shape index (κ3) is 3.38. The molecule has 0 spiro atoms. The highest BCUT2D eigenvalue weighted by atomic mass is 35.5. The maximum atomic E-state index is 12.3. The summed E-state index contributed by atoms with van der Waals surface area (Å²) in [6.07, 6.45) is 6.47. The van der Waals surface area contributed by atoms with Crippen LogP contribution >= 0.6 is 22.9 Å². The SMILES string of the molecule is CCCCCNC(=O)c1cnn2c(-c3ccc(Cl)s3)ccnc12. The Bertz CT molecular complexity index is 826. The number of amides is 1. The number of halogens is 1. The molecule has 0 aliphatic carbocycles. The minimum atomic E-state index is -0.134. The van der Waals surface area contributed by atoms with Crippen LogP contribution in [0.1, 0.15) is 36.5 Å². The zero-order valence-corrected chi connectivity index (χ0v) is 14.3. The van der Waals surface area contributed by atoms with E-state index >= 15 is 0 Å². The Morgan fingerprint density at radius 1 is 1.35 bits per heavy atom. The molecule has 0 aliphatic rings. The smallest absolute Gasteiger partial charge is 0.256 e. The number of unbranched alkanes of at least 4 members (excludes halogenated alkanes) is 2. The highest BCUT2D eigenvalue weighted by Crippen LogP contribution is 2.31. The fraction of sp³-hybridized carbons (Fsp3) is 0.312. The minimum Gasteiger partial charge on any atom is -0.352 e. The van der Waals surface area contributed by atoms with E-state index in [0.717, 1.165) is 29.8 Å². The highest BCUT2D eigenvalue weighted by molar-refractivity contribution is 7.19. The summed E-state index contributed by atoms with van der Waals surface area (Å²) in [7, 11) is 0.